The lowest BCUT2D eigenvalue weighted by Gasteiger charge is -2.09. The van der Waals surface area contributed by atoms with Crippen molar-refractivity contribution in [2.75, 3.05) is 0 Å². The molecule has 3 rings (SSSR count). The molecule has 0 aliphatic rings. The van der Waals surface area contributed by atoms with E-state index in [1.54, 1.807) is 19.1 Å². The molecule has 0 saturated carbocycles. The van der Waals surface area contributed by atoms with Gasteiger partial charge in [0.2, 0.25) is 0 Å². The van der Waals surface area contributed by atoms with Gasteiger partial charge >= 0.3 is 0 Å². The first-order valence-electron chi connectivity index (χ1n) is 6.43. The quantitative estimate of drug-likeness (QED) is 0.533. The number of benzene rings is 2. The highest BCUT2D eigenvalue weighted by atomic mass is 16.6. The summed E-state index contributed by atoms with van der Waals surface area (Å²) in [5.41, 5.74) is 3.02. The van der Waals surface area contributed by atoms with Crippen LogP contribution in [0.4, 0.5) is 5.69 Å². The van der Waals surface area contributed by atoms with Crippen molar-refractivity contribution in [3.63, 3.8) is 0 Å². The van der Waals surface area contributed by atoms with Gasteiger partial charge in [0.15, 0.2) is 0 Å². The summed E-state index contributed by atoms with van der Waals surface area (Å²) in [5.74, 6) is 0. The van der Waals surface area contributed by atoms with Crippen molar-refractivity contribution < 1.29 is 4.92 Å². The van der Waals surface area contributed by atoms with E-state index in [4.69, 9.17) is 0 Å². The molecule has 0 N–H and O–H groups in total. The number of fused-ring (bicyclic) bond motifs is 1. The van der Waals surface area contributed by atoms with Crippen LogP contribution in [0.15, 0.2) is 54.7 Å². The standard InChI is InChI=1S/C16H14N2O2/c1-12-14(6-4-8-15(12)18(19)20)11-17-10-9-13-5-2-3-7-16(13)17/h2-10H,11H2,1H3. The van der Waals surface area contributed by atoms with Crippen molar-refractivity contribution in [2.45, 2.75) is 13.5 Å². The Labute approximate surface area is 116 Å². The van der Waals surface area contributed by atoms with E-state index < -0.39 is 0 Å². The van der Waals surface area contributed by atoms with Gasteiger partial charge in [0.25, 0.3) is 5.69 Å². The molecule has 0 saturated heterocycles. The third-order valence-electron chi connectivity index (χ3n) is 3.63. The van der Waals surface area contributed by atoms with Gasteiger partial charge in [-0.05, 0) is 30.0 Å². The topological polar surface area (TPSA) is 48.1 Å². The van der Waals surface area contributed by atoms with Gasteiger partial charge in [-0.15, -0.1) is 0 Å². The van der Waals surface area contributed by atoms with Crippen LogP contribution in [0.5, 0.6) is 0 Å². The SMILES string of the molecule is Cc1c(Cn2ccc3ccccc32)cccc1[N+](=O)[O-]. The third-order valence-corrected chi connectivity index (χ3v) is 3.63. The maximum absolute atomic E-state index is 11.0. The molecule has 2 aromatic carbocycles. The summed E-state index contributed by atoms with van der Waals surface area (Å²) in [4.78, 5) is 10.7. The molecule has 1 aromatic heterocycles. The molecule has 0 fully saturated rings. The van der Waals surface area contributed by atoms with Crippen molar-refractivity contribution >= 4 is 16.6 Å². The van der Waals surface area contributed by atoms with Crippen LogP contribution >= 0.6 is 0 Å². The predicted octanol–water partition coefficient (Wildman–Crippen LogP) is 3.91. The van der Waals surface area contributed by atoms with Gasteiger partial charge in [0, 0.05) is 29.9 Å². The Morgan fingerprint density at radius 3 is 2.70 bits per heavy atom. The highest BCUT2D eigenvalue weighted by Crippen LogP contribution is 2.23. The van der Waals surface area contributed by atoms with Crippen molar-refractivity contribution in [1.29, 1.82) is 0 Å². The molecule has 1 heterocycles. The minimum absolute atomic E-state index is 0.180. The Morgan fingerprint density at radius 1 is 1.10 bits per heavy atom. The van der Waals surface area contributed by atoms with Gasteiger partial charge in [0.1, 0.15) is 0 Å². The van der Waals surface area contributed by atoms with Crippen LogP contribution in [0.3, 0.4) is 0 Å². The van der Waals surface area contributed by atoms with E-state index in [0.717, 1.165) is 16.6 Å². The van der Waals surface area contributed by atoms with Crippen LogP contribution in [-0.2, 0) is 6.54 Å². The Morgan fingerprint density at radius 2 is 1.90 bits per heavy atom. The van der Waals surface area contributed by atoms with Gasteiger partial charge < -0.3 is 4.57 Å². The third kappa shape index (κ3) is 2.05. The van der Waals surface area contributed by atoms with Crippen LogP contribution in [0, 0.1) is 17.0 Å². The van der Waals surface area contributed by atoms with Gasteiger partial charge in [-0.2, -0.15) is 0 Å². The Kier molecular flexibility index (Phi) is 2.99. The van der Waals surface area contributed by atoms with E-state index in [1.165, 1.54) is 5.39 Å². The highest BCUT2D eigenvalue weighted by molar-refractivity contribution is 5.80. The van der Waals surface area contributed by atoms with Gasteiger partial charge in [0.05, 0.1) is 4.92 Å². The first kappa shape index (κ1) is 12.4. The molecule has 20 heavy (non-hydrogen) atoms. The first-order chi connectivity index (χ1) is 9.66. The molecule has 0 aliphatic carbocycles. The van der Waals surface area contributed by atoms with E-state index in [9.17, 15) is 10.1 Å². The highest BCUT2D eigenvalue weighted by Gasteiger charge is 2.13. The fraction of sp³-hybridized carbons (Fsp3) is 0.125. The van der Waals surface area contributed by atoms with Crippen LogP contribution in [0.25, 0.3) is 10.9 Å². The van der Waals surface area contributed by atoms with Crippen LogP contribution in [-0.4, -0.2) is 9.49 Å². The smallest absolute Gasteiger partial charge is 0.272 e. The molecule has 0 unspecified atom stereocenters. The lowest BCUT2D eigenvalue weighted by Crippen LogP contribution is -2.02. The number of hydrogen-bond acceptors (Lipinski definition) is 2. The minimum Gasteiger partial charge on any atom is -0.343 e. The average Bonchev–Trinajstić information content (AvgIpc) is 2.84. The molecule has 0 radical (unpaired) electrons. The van der Waals surface area contributed by atoms with Gasteiger partial charge in [-0.3, -0.25) is 10.1 Å². The number of hydrogen-bond donors (Lipinski definition) is 0. The molecule has 0 aliphatic heterocycles. The summed E-state index contributed by atoms with van der Waals surface area (Å²) >= 11 is 0. The second kappa shape index (κ2) is 4.81. The molecule has 0 bridgehead atoms. The molecule has 0 atom stereocenters. The summed E-state index contributed by atoms with van der Waals surface area (Å²) in [6.07, 6.45) is 2.02. The van der Waals surface area contributed by atoms with E-state index in [2.05, 4.69) is 22.8 Å². The number of aromatic nitrogens is 1. The fourth-order valence-corrected chi connectivity index (χ4v) is 2.50. The maximum atomic E-state index is 11.0. The number of para-hydroxylation sites is 1. The van der Waals surface area contributed by atoms with Crippen LogP contribution in [0.1, 0.15) is 11.1 Å². The minimum atomic E-state index is -0.327. The second-order valence-electron chi connectivity index (χ2n) is 4.82. The van der Waals surface area contributed by atoms with E-state index in [1.807, 2.05) is 24.4 Å². The summed E-state index contributed by atoms with van der Waals surface area (Å²) in [6, 6.07) is 15.4. The lowest BCUT2D eigenvalue weighted by molar-refractivity contribution is -0.385. The van der Waals surface area contributed by atoms with Crippen molar-refractivity contribution in [1.82, 2.24) is 4.57 Å². The Hall–Kier alpha value is -2.62. The average molecular weight is 266 g/mol. The number of nitrogens with zero attached hydrogens (tertiary/aromatic N) is 2. The van der Waals surface area contributed by atoms with Crippen molar-refractivity contribution in [2.24, 2.45) is 0 Å². The second-order valence-corrected chi connectivity index (χ2v) is 4.82. The molecule has 100 valence electrons. The molecule has 4 nitrogen and oxygen atoms in total. The zero-order valence-electron chi connectivity index (χ0n) is 11.1. The van der Waals surface area contributed by atoms with Gasteiger partial charge in [-0.1, -0.05) is 30.3 Å². The fourth-order valence-electron chi connectivity index (χ4n) is 2.50. The maximum Gasteiger partial charge on any atom is 0.272 e. The molecule has 3 aromatic rings. The summed E-state index contributed by atoms with van der Waals surface area (Å²) in [5, 5.41) is 12.2. The van der Waals surface area contributed by atoms with Crippen molar-refractivity contribution in [3.8, 4) is 0 Å². The molecule has 4 heteroatoms. The number of nitro benzene ring substituents is 1. The molecular weight excluding hydrogens is 252 g/mol. The lowest BCUT2D eigenvalue weighted by atomic mass is 10.1. The zero-order valence-corrected chi connectivity index (χ0v) is 11.1. The zero-order chi connectivity index (χ0) is 14.1. The van der Waals surface area contributed by atoms with Crippen molar-refractivity contribution in [3.05, 3.63) is 76.0 Å². The van der Waals surface area contributed by atoms with Crippen LogP contribution < -0.4 is 0 Å². The molecule has 0 amide bonds. The monoisotopic (exact) mass is 266 g/mol. The number of rotatable bonds is 3. The summed E-state index contributed by atoms with van der Waals surface area (Å²) < 4.78 is 2.11. The Bertz CT molecular complexity index is 790. The number of nitro groups is 1. The van der Waals surface area contributed by atoms with Crippen LogP contribution in [0.2, 0.25) is 0 Å². The molecule has 0 spiro atoms. The summed E-state index contributed by atoms with van der Waals surface area (Å²) in [7, 11) is 0. The first-order valence-corrected chi connectivity index (χ1v) is 6.43. The largest absolute Gasteiger partial charge is 0.343 e. The van der Waals surface area contributed by atoms with E-state index in [0.29, 0.717) is 6.54 Å². The Balaban J connectivity index is 2.03. The molecular formula is C16H14N2O2. The summed E-state index contributed by atoms with van der Waals surface area (Å²) in [6.45, 7) is 2.44. The van der Waals surface area contributed by atoms with E-state index in [-0.39, 0.29) is 10.6 Å². The van der Waals surface area contributed by atoms with E-state index >= 15 is 0 Å². The van der Waals surface area contributed by atoms with Gasteiger partial charge in [-0.25, -0.2) is 0 Å². The normalized spacial score (nSPS) is 10.8. The predicted molar refractivity (Wildman–Crippen MR) is 78.9 cm³/mol.